The predicted molar refractivity (Wildman–Crippen MR) is 109 cm³/mol. The molecular weight excluding hydrogens is 324 g/mol. The molecule has 1 aliphatic carbocycles. The van der Waals surface area contributed by atoms with Gasteiger partial charge in [0.1, 0.15) is 0 Å². The largest absolute Gasteiger partial charge is 0.367 e. The van der Waals surface area contributed by atoms with E-state index in [4.69, 9.17) is 0 Å². The van der Waals surface area contributed by atoms with E-state index in [0.29, 0.717) is 6.04 Å². The third-order valence-electron chi connectivity index (χ3n) is 5.93. The Hall–Kier alpha value is -1.72. The summed E-state index contributed by atoms with van der Waals surface area (Å²) in [4.78, 5) is 6.86. The Morgan fingerprint density at radius 2 is 2.19 bits per heavy atom. The van der Waals surface area contributed by atoms with E-state index in [1.165, 1.54) is 50.6 Å². The van der Waals surface area contributed by atoms with E-state index in [1.807, 2.05) is 25.0 Å². The standard InChI is InChI=1S/C20H36N6/c1-16-6-4-7-17(12-16)9-10-22-20(21-2)24-18-8-5-11-26(14-18)19-13-23-25(3)15-19/h13,15-18H,4-12,14H2,1-3H3,(H2,21,22,24). The van der Waals surface area contributed by atoms with Crippen molar-refractivity contribution in [2.45, 2.75) is 57.9 Å². The Labute approximate surface area is 158 Å². The lowest BCUT2D eigenvalue weighted by molar-refractivity contribution is 0.270. The maximum absolute atomic E-state index is 4.44. The molecule has 2 N–H and O–H groups in total. The van der Waals surface area contributed by atoms with Crippen LogP contribution in [0.4, 0.5) is 5.69 Å². The number of aromatic nitrogens is 2. The second-order valence-electron chi connectivity index (χ2n) is 8.23. The van der Waals surface area contributed by atoms with Gasteiger partial charge >= 0.3 is 0 Å². The zero-order valence-corrected chi connectivity index (χ0v) is 16.7. The zero-order chi connectivity index (χ0) is 18.4. The fourth-order valence-corrected chi connectivity index (χ4v) is 4.51. The van der Waals surface area contributed by atoms with E-state index in [2.05, 4.69) is 38.7 Å². The lowest BCUT2D eigenvalue weighted by Crippen LogP contribution is -2.51. The summed E-state index contributed by atoms with van der Waals surface area (Å²) in [5.74, 6) is 2.75. The van der Waals surface area contributed by atoms with Gasteiger partial charge in [-0.3, -0.25) is 9.67 Å². The van der Waals surface area contributed by atoms with Gasteiger partial charge in [-0.1, -0.05) is 26.2 Å². The molecule has 0 bridgehead atoms. The van der Waals surface area contributed by atoms with Crippen LogP contribution in [-0.4, -0.2) is 48.5 Å². The van der Waals surface area contributed by atoms with Crippen molar-refractivity contribution in [3.63, 3.8) is 0 Å². The maximum Gasteiger partial charge on any atom is 0.191 e. The average molecular weight is 361 g/mol. The third kappa shape index (κ3) is 5.39. The highest BCUT2D eigenvalue weighted by Crippen LogP contribution is 2.30. The van der Waals surface area contributed by atoms with Crippen molar-refractivity contribution in [3.05, 3.63) is 12.4 Å². The van der Waals surface area contributed by atoms with Crippen LogP contribution in [0.5, 0.6) is 0 Å². The molecule has 26 heavy (non-hydrogen) atoms. The van der Waals surface area contributed by atoms with Crippen molar-refractivity contribution in [3.8, 4) is 0 Å². The molecule has 0 aromatic carbocycles. The second-order valence-corrected chi connectivity index (χ2v) is 8.23. The van der Waals surface area contributed by atoms with E-state index >= 15 is 0 Å². The first kappa shape index (κ1) is 19.1. The lowest BCUT2D eigenvalue weighted by Gasteiger charge is -2.34. The van der Waals surface area contributed by atoms with Gasteiger partial charge in [0, 0.05) is 46.0 Å². The van der Waals surface area contributed by atoms with E-state index in [1.54, 1.807) is 0 Å². The van der Waals surface area contributed by atoms with Crippen LogP contribution in [0, 0.1) is 11.8 Å². The number of aryl methyl sites for hydroxylation is 1. The van der Waals surface area contributed by atoms with Crippen LogP contribution in [0.25, 0.3) is 0 Å². The highest BCUT2D eigenvalue weighted by atomic mass is 15.3. The minimum Gasteiger partial charge on any atom is -0.367 e. The molecule has 2 heterocycles. The number of piperidine rings is 1. The minimum atomic E-state index is 0.435. The third-order valence-corrected chi connectivity index (χ3v) is 5.93. The quantitative estimate of drug-likeness (QED) is 0.626. The van der Waals surface area contributed by atoms with Gasteiger partial charge in [0.05, 0.1) is 11.9 Å². The smallest absolute Gasteiger partial charge is 0.191 e. The summed E-state index contributed by atoms with van der Waals surface area (Å²) in [5, 5.41) is 11.5. The lowest BCUT2D eigenvalue weighted by atomic mass is 9.81. The van der Waals surface area contributed by atoms with Gasteiger partial charge in [0.25, 0.3) is 0 Å². The summed E-state index contributed by atoms with van der Waals surface area (Å²) >= 11 is 0. The van der Waals surface area contributed by atoms with Crippen LogP contribution in [0.2, 0.25) is 0 Å². The van der Waals surface area contributed by atoms with Crippen LogP contribution in [0.15, 0.2) is 17.4 Å². The first-order valence-electron chi connectivity index (χ1n) is 10.3. The van der Waals surface area contributed by atoms with Crippen LogP contribution < -0.4 is 15.5 Å². The Balaban J connectivity index is 1.42. The molecule has 1 aromatic rings. The van der Waals surface area contributed by atoms with E-state index in [9.17, 15) is 0 Å². The first-order valence-corrected chi connectivity index (χ1v) is 10.3. The molecule has 6 nitrogen and oxygen atoms in total. The molecule has 3 rings (SSSR count). The molecule has 146 valence electrons. The maximum atomic E-state index is 4.44. The van der Waals surface area contributed by atoms with Gasteiger partial charge < -0.3 is 15.5 Å². The van der Waals surface area contributed by atoms with Gasteiger partial charge in [0.15, 0.2) is 5.96 Å². The van der Waals surface area contributed by atoms with Crippen molar-refractivity contribution in [1.82, 2.24) is 20.4 Å². The molecule has 1 aromatic heterocycles. The fourth-order valence-electron chi connectivity index (χ4n) is 4.51. The second kappa shape index (κ2) is 9.28. The number of rotatable bonds is 5. The number of nitrogens with zero attached hydrogens (tertiary/aromatic N) is 4. The number of hydrogen-bond acceptors (Lipinski definition) is 3. The molecule has 0 amide bonds. The summed E-state index contributed by atoms with van der Waals surface area (Å²) in [7, 11) is 3.85. The molecule has 1 saturated carbocycles. The van der Waals surface area contributed by atoms with Crippen molar-refractivity contribution < 1.29 is 0 Å². The van der Waals surface area contributed by atoms with Crippen LogP contribution >= 0.6 is 0 Å². The summed E-state index contributed by atoms with van der Waals surface area (Å²) in [5.41, 5.74) is 1.22. The number of anilines is 1. The highest BCUT2D eigenvalue weighted by Gasteiger charge is 2.22. The van der Waals surface area contributed by atoms with Crippen LogP contribution in [0.3, 0.4) is 0 Å². The molecule has 1 saturated heterocycles. The zero-order valence-electron chi connectivity index (χ0n) is 16.7. The first-order chi connectivity index (χ1) is 12.6. The molecule has 3 atom stereocenters. The number of guanidine groups is 1. The Morgan fingerprint density at radius 1 is 1.31 bits per heavy atom. The summed E-state index contributed by atoms with van der Waals surface area (Å²) < 4.78 is 1.87. The Kier molecular flexibility index (Phi) is 6.80. The average Bonchev–Trinajstić information content (AvgIpc) is 3.08. The van der Waals surface area contributed by atoms with E-state index < -0.39 is 0 Å². The molecule has 1 aliphatic heterocycles. The van der Waals surface area contributed by atoms with Crippen molar-refractivity contribution in [1.29, 1.82) is 0 Å². The predicted octanol–water partition coefficient (Wildman–Crippen LogP) is 2.77. The van der Waals surface area contributed by atoms with Gasteiger partial charge in [0.2, 0.25) is 0 Å². The SMILES string of the molecule is CN=C(NCCC1CCCC(C)C1)NC1CCCN(c2cnn(C)c2)C1. The van der Waals surface area contributed by atoms with Crippen molar-refractivity contribution in [2.24, 2.45) is 23.9 Å². The Bertz CT molecular complexity index is 581. The normalized spacial score (nSPS) is 27.4. The number of aliphatic imine (C=N–C) groups is 1. The molecule has 6 heteroatoms. The number of hydrogen-bond donors (Lipinski definition) is 2. The monoisotopic (exact) mass is 360 g/mol. The van der Waals surface area contributed by atoms with Gasteiger partial charge in [-0.05, 0) is 37.5 Å². The molecule has 0 spiro atoms. The molecule has 2 aliphatic rings. The number of nitrogens with one attached hydrogen (secondary N) is 2. The van der Waals surface area contributed by atoms with Gasteiger partial charge in [-0.2, -0.15) is 5.10 Å². The fraction of sp³-hybridized carbons (Fsp3) is 0.800. The summed E-state index contributed by atoms with van der Waals surface area (Å²) in [6.45, 7) is 5.54. The van der Waals surface area contributed by atoms with Gasteiger partial charge in [-0.25, -0.2) is 0 Å². The highest BCUT2D eigenvalue weighted by molar-refractivity contribution is 5.80. The van der Waals surface area contributed by atoms with Gasteiger partial charge in [-0.15, -0.1) is 0 Å². The van der Waals surface area contributed by atoms with Crippen molar-refractivity contribution >= 4 is 11.6 Å². The van der Waals surface area contributed by atoms with Crippen LogP contribution in [0.1, 0.15) is 51.9 Å². The topological polar surface area (TPSA) is 57.5 Å². The molecular formula is C20H36N6. The van der Waals surface area contributed by atoms with E-state index in [-0.39, 0.29) is 0 Å². The van der Waals surface area contributed by atoms with Crippen LogP contribution in [-0.2, 0) is 7.05 Å². The van der Waals surface area contributed by atoms with Crippen molar-refractivity contribution in [2.75, 3.05) is 31.6 Å². The summed E-state index contributed by atoms with van der Waals surface area (Å²) in [6, 6.07) is 0.435. The molecule has 3 unspecified atom stereocenters. The minimum absolute atomic E-state index is 0.435. The van der Waals surface area contributed by atoms with E-state index in [0.717, 1.165) is 37.4 Å². The Morgan fingerprint density at radius 3 is 2.92 bits per heavy atom. The summed E-state index contributed by atoms with van der Waals surface area (Å²) in [6.07, 6.45) is 13.3. The molecule has 2 fully saturated rings. The molecule has 0 radical (unpaired) electrons.